The van der Waals surface area contributed by atoms with Crippen LogP contribution >= 0.6 is 0 Å². The van der Waals surface area contributed by atoms with Crippen molar-refractivity contribution in [2.45, 2.75) is 26.4 Å². The van der Waals surface area contributed by atoms with E-state index in [1.807, 2.05) is 0 Å². The summed E-state index contributed by atoms with van der Waals surface area (Å²) in [6, 6.07) is 2.59. The van der Waals surface area contributed by atoms with Crippen molar-refractivity contribution in [3.05, 3.63) is 40.0 Å². The van der Waals surface area contributed by atoms with E-state index >= 15 is 0 Å². The largest absolute Gasteiger partial charge is 0.493 e. The van der Waals surface area contributed by atoms with Gasteiger partial charge in [0.1, 0.15) is 6.61 Å². The maximum Gasteiger partial charge on any atom is 0.333 e. The second-order valence-electron chi connectivity index (χ2n) is 5.84. The first-order valence-electron chi connectivity index (χ1n) is 8.57. The van der Waals surface area contributed by atoms with Gasteiger partial charge in [0.05, 0.1) is 30.3 Å². The van der Waals surface area contributed by atoms with Crippen molar-refractivity contribution in [3.63, 3.8) is 0 Å². The lowest BCUT2D eigenvalue weighted by Crippen LogP contribution is -2.29. The van der Waals surface area contributed by atoms with Crippen LogP contribution in [-0.4, -0.2) is 43.6 Å². The third kappa shape index (κ3) is 7.23. The highest BCUT2D eigenvalue weighted by Gasteiger charge is 2.21. The first kappa shape index (κ1) is 22.9. The van der Waals surface area contributed by atoms with Crippen molar-refractivity contribution in [1.29, 1.82) is 0 Å². The first-order valence-corrected chi connectivity index (χ1v) is 8.57. The van der Waals surface area contributed by atoms with E-state index < -0.39 is 10.9 Å². The summed E-state index contributed by atoms with van der Waals surface area (Å²) < 4.78 is 15.7. The van der Waals surface area contributed by atoms with E-state index in [0.717, 1.165) is 0 Å². The van der Waals surface area contributed by atoms with Crippen LogP contribution in [0, 0.1) is 10.1 Å². The zero-order valence-corrected chi connectivity index (χ0v) is 16.0. The topological polar surface area (TPSA) is 143 Å². The van der Waals surface area contributed by atoms with Crippen LogP contribution in [0.15, 0.2) is 24.3 Å². The fourth-order valence-corrected chi connectivity index (χ4v) is 2.13. The van der Waals surface area contributed by atoms with Gasteiger partial charge in [0, 0.05) is 25.1 Å². The van der Waals surface area contributed by atoms with Crippen LogP contribution in [-0.2, 0) is 20.9 Å². The maximum atomic E-state index is 11.5. The highest BCUT2D eigenvalue weighted by atomic mass is 16.6. The Morgan fingerprint density at radius 3 is 2.61 bits per heavy atom. The summed E-state index contributed by atoms with van der Waals surface area (Å²) >= 11 is 0. The Kier molecular flexibility index (Phi) is 9.44. The summed E-state index contributed by atoms with van der Waals surface area (Å²) in [6.07, 6.45) is 0.644. The number of nitro benzene ring substituents is 1. The van der Waals surface area contributed by atoms with Crippen molar-refractivity contribution in [3.8, 4) is 11.5 Å². The molecule has 0 radical (unpaired) electrons. The fourth-order valence-electron chi connectivity index (χ4n) is 2.13. The van der Waals surface area contributed by atoms with Gasteiger partial charge in [-0.15, -0.1) is 0 Å². The predicted molar refractivity (Wildman–Crippen MR) is 101 cm³/mol. The van der Waals surface area contributed by atoms with E-state index in [-0.39, 0.29) is 53.9 Å². The molecule has 0 atom stereocenters. The maximum absolute atomic E-state index is 11.5. The molecule has 1 rings (SSSR count). The van der Waals surface area contributed by atoms with Crippen molar-refractivity contribution in [2.24, 2.45) is 5.73 Å². The van der Waals surface area contributed by atoms with Crippen LogP contribution in [0.4, 0.5) is 5.69 Å². The average Bonchev–Trinajstić information content (AvgIpc) is 2.67. The smallest absolute Gasteiger partial charge is 0.333 e. The number of nitrogens with zero attached hydrogens (tertiary/aromatic N) is 1. The number of hydrogen-bond donors (Lipinski definition) is 2. The number of benzene rings is 1. The summed E-state index contributed by atoms with van der Waals surface area (Å²) in [6.45, 7) is 5.55. The minimum absolute atomic E-state index is 0.151. The Balaban J connectivity index is 2.82. The summed E-state index contributed by atoms with van der Waals surface area (Å²) in [5.41, 5.74) is 5.37. The number of amides is 1. The molecule has 3 N–H and O–H groups in total. The van der Waals surface area contributed by atoms with Crippen LogP contribution < -0.4 is 20.5 Å². The molecule has 0 aromatic heterocycles. The van der Waals surface area contributed by atoms with Crippen molar-refractivity contribution < 1.29 is 28.7 Å². The molecule has 0 aliphatic rings. The number of nitrogens with two attached hydrogens (primary N) is 1. The summed E-state index contributed by atoms with van der Waals surface area (Å²) in [5, 5.41) is 14.0. The van der Waals surface area contributed by atoms with Crippen LogP contribution in [0.25, 0.3) is 0 Å². The van der Waals surface area contributed by atoms with Crippen LogP contribution in [0.2, 0.25) is 0 Å². The number of nitro groups is 1. The van der Waals surface area contributed by atoms with Crippen LogP contribution in [0.3, 0.4) is 0 Å². The lowest BCUT2D eigenvalue weighted by molar-refractivity contribution is -0.385. The number of carbonyl (C=O) groups excluding carboxylic acids is 2. The number of hydrogen-bond acceptors (Lipinski definition) is 8. The van der Waals surface area contributed by atoms with E-state index in [9.17, 15) is 19.7 Å². The van der Waals surface area contributed by atoms with Gasteiger partial charge >= 0.3 is 5.97 Å². The zero-order chi connectivity index (χ0) is 21.1. The highest BCUT2D eigenvalue weighted by Crippen LogP contribution is 2.35. The molecular weight excluding hydrogens is 370 g/mol. The Morgan fingerprint density at radius 2 is 2.04 bits per heavy atom. The van der Waals surface area contributed by atoms with Gasteiger partial charge in [-0.05, 0) is 19.4 Å². The number of esters is 1. The van der Waals surface area contributed by atoms with Gasteiger partial charge in [-0.1, -0.05) is 6.58 Å². The van der Waals surface area contributed by atoms with E-state index in [1.54, 1.807) is 0 Å². The van der Waals surface area contributed by atoms with E-state index in [0.29, 0.717) is 19.5 Å². The molecule has 0 spiro atoms. The minimum atomic E-state index is -0.651. The molecule has 28 heavy (non-hydrogen) atoms. The van der Waals surface area contributed by atoms with Crippen molar-refractivity contribution in [1.82, 2.24) is 5.32 Å². The molecule has 1 amide bonds. The molecule has 10 nitrogen and oxygen atoms in total. The molecule has 0 fully saturated rings. The number of carbonyl (C=O) groups is 2. The average molecular weight is 395 g/mol. The molecule has 0 heterocycles. The Bertz CT molecular complexity index is 734. The monoisotopic (exact) mass is 395 g/mol. The molecule has 0 bridgehead atoms. The van der Waals surface area contributed by atoms with Crippen LogP contribution in [0.1, 0.15) is 25.3 Å². The summed E-state index contributed by atoms with van der Waals surface area (Å²) in [4.78, 5) is 33.8. The van der Waals surface area contributed by atoms with Gasteiger partial charge in [0.2, 0.25) is 5.91 Å². The molecule has 1 aromatic rings. The number of rotatable bonds is 12. The molecule has 0 aliphatic carbocycles. The summed E-state index contributed by atoms with van der Waals surface area (Å²) in [5.74, 6) is -0.394. The quantitative estimate of drug-likeness (QED) is 0.178. The van der Waals surface area contributed by atoms with Crippen molar-refractivity contribution >= 4 is 17.6 Å². The first-order chi connectivity index (χ1) is 13.3. The lowest BCUT2D eigenvalue weighted by Gasteiger charge is -2.13. The molecule has 0 aliphatic heterocycles. The SMILES string of the molecule is C=C(C)C(=O)OCc1cc(OC)c(OCCCC(=O)NCCN)cc1[N+](=O)[O-]. The number of nitrogens with one attached hydrogen (secondary N) is 1. The normalized spacial score (nSPS) is 10.1. The van der Waals surface area contributed by atoms with Gasteiger partial charge in [-0.2, -0.15) is 0 Å². The Labute approximate surface area is 162 Å². The molecule has 0 saturated carbocycles. The van der Waals surface area contributed by atoms with E-state index in [2.05, 4.69) is 11.9 Å². The molecule has 0 unspecified atom stereocenters. The minimum Gasteiger partial charge on any atom is -0.493 e. The lowest BCUT2D eigenvalue weighted by atomic mass is 10.1. The highest BCUT2D eigenvalue weighted by molar-refractivity contribution is 5.87. The summed E-state index contributed by atoms with van der Waals surface area (Å²) in [7, 11) is 1.39. The van der Waals surface area contributed by atoms with E-state index in [1.165, 1.54) is 26.2 Å². The molecule has 0 saturated heterocycles. The molecule has 154 valence electrons. The van der Waals surface area contributed by atoms with E-state index in [4.69, 9.17) is 19.9 Å². The Morgan fingerprint density at radius 1 is 1.32 bits per heavy atom. The molecular formula is C18H25N3O7. The standard InChI is InChI=1S/C18H25N3O7/c1-12(2)18(23)28-11-13-9-15(26-3)16(10-14(13)21(24)25)27-8-4-5-17(22)20-7-6-19/h9-10H,1,4-8,11,19H2,2-3H3,(H,20,22). The molecule has 10 heteroatoms. The van der Waals surface area contributed by atoms with Gasteiger partial charge in [-0.25, -0.2) is 4.79 Å². The van der Waals surface area contributed by atoms with Crippen LogP contribution in [0.5, 0.6) is 11.5 Å². The van der Waals surface area contributed by atoms with Gasteiger partial charge < -0.3 is 25.3 Å². The third-order valence-electron chi connectivity index (χ3n) is 3.54. The predicted octanol–water partition coefficient (Wildman–Crippen LogP) is 1.46. The number of ether oxygens (including phenoxy) is 3. The molecule has 1 aromatic carbocycles. The Hall–Kier alpha value is -3.14. The second-order valence-corrected chi connectivity index (χ2v) is 5.84. The zero-order valence-electron chi connectivity index (χ0n) is 16.0. The number of methoxy groups -OCH3 is 1. The van der Waals surface area contributed by atoms with Gasteiger partial charge in [0.15, 0.2) is 11.5 Å². The van der Waals surface area contributed by atoms with Gasteiger partial charge in [-0.3, -0.25) is 14.9 Å². The third-order valence-corrected chi connectivity index (χ3v) is 3.54. The van der Waals surface area contributed by atoms with Gasteiger partial charge in [0.25, 0.3) is 5.69 Å². The van der Waals surface area contributed by atoms with Crippen molar-refractivity contribution in [2.75, 3.05) is 26.8 Å². The fraction of sp³-hybridized carbons (Fsp3) is 0.444. The second kappa shape index (κ2) is 11.5.